The van der Waals surface area contributed by atoms with E-state index in [9.17, 15) is 9.59 Å². The molecule has 0 unspecified atom stereocenters. The first-order chi connectivity index (χ1) is 13.5. The number of urea groups is 1. The van der Waals surface area contributed by atoms with E-state index >= 15 is 0 Å². The zero-order valence-corrected chi connectivity index (χ0v) is 16.9. The van der Waals surface area contributed by atoms with E-state index in [4.69, 9.17) is 9.47 Å². The van der Waals surface area contributed by atoms with E-state index in [1.54, 1.807) is 14.2 Å². The summed E-state index contributed by atoms with van der Waals surface area (Å²) in [6.45, 7) is 3.88. The van der Waals surface area contributed by atoms with Gasteiger partial charge < -0.3 is 14.8 Å². The Balaban J connectivity index is 1.50. The monoisotopic (exact) mass is 387 g/mol. The lowest BCUT2D eigenvalue weighted by molar-refractivity contribution is -0.135. The molecule has 1 aromatic rings. The third-order valence-corrected chi connectivity index (χ3v) is 6.64. The maximum absolute atomic E-state index is 13.2. The molecule has 1 N–H and O–H groups in total. The van der Waals surface area contributed by atoms with Gasteiger partial charge in [-0.15, -0.1) is 0 Å². The van der Waals surface area contributed by atoms with E-state index < -0.39 is 5.54 Å². The molecule has 152 valence electrons. The van der Waals surface area contributed by atoms with Crippen LogP contribution in [0, 0.1) is 5.92 Å². The third-order valence-electron chi connectivity index (χ3n) is 6.64. The van der Waals surface area contributed by atoms with Crippen LogP contribution in [0.25, 0.3) is 0 Å². The summed E-state index contributed by atoms with van der Waals surface area (Å²) in [5, 5.41) is 3.04. The predicted molar refractivity (Wildman–Crippen MR) is 104 cm³/mol. The molecule has 0 aromatic heterocycles. The lowest BCUT2D eigenvalue weighted by Gasteiger charge is -2.37. The number of rotatable bonds is 4. The zero-order valence-electron chi connectivity index (χ0n) is 16.9. The molecule has 1 saturated carbocycles. The molecule has 1 saturated heterocycles. The average Bonchev–Trinajstić information content (AvgIpc) is 2.94. The SMILES string of the molecule is COc1cc2c(cc1OC)CN(CN1C(=O)N[C@]3(CCCC[C@H]3C)C1=O)CC2. The number of hydrogen-bond acceptors (Lipinski definition) is 5. The van der Waals surface area contributed by atoms with Gasteiger partial charge in [0.15, 0.2) is 11.5 Å². The molecule has 28 heavy (non-hydrogen) atoms. The van der Waals surface area contributed by atoms with Crippen molar-refractivity contribution in [2.45, 2.75) is 51.1 Å². The van der Waals surface area contributed by atoms with Crippen molar-refractivity contribution >= 4 is 11.9 Å². The van der Waals surface area contributed by atoms with Crippen molar-refractivity contribution in [1.82, 2.24) is 15.1 Å². The topological polar surface area (TPSA) is 71.1 Å². The molecule has 7 nitrogen and oxygen atoms in total. The van der Waals surface area contributed by atoms with Crippen molar-refractivity contribution < 1.29 is 19.1 Å². The summed E-state index contributed by atoms with van der Waals surface area (Å²) >= 11 is 0. The number of carbonyl (C=O) groups is 2. The maximum atomic E-state index is 13.2. The summed E-state index contributed by atoms with van der Waals surface area (Å²) in [7, 11) is 3.27. The summed E-state index contributed by atoms with van der Waals surface area (Å²) in [5.41, 5.74) is 1.68. The van der Waals surface area contributed by atoms with Gasteiger partial charge in [-0.25, -0.2) is 9.69 Å². The fourth-order valence-corrected chi connectivity index (χ4v) is 4.89. The third kappa shape index (κ3) is 3.02. The molecule has 1 aliphatic carbocycles. The summed E-state index contributed by atoms with van der Waals surface area (Å²) in [6, 6.07) is 3.77. The number of fused-ring (bicyclic) bond motifs is 1. The number of hydrogen-bond donors (Lipinski definition) is 1. The van der Waals surface area contributed by atoms with Gasteiger partial charge in [-0.2, -0.15) is 0 Å². The number of nitrogens with one attached hydrogen (secondary N) is 1. The highest BCUT2D eigenvalue weighted by atomic mass is 16.5. The van der Waals surface area contributed by atoms with Gasteiger partial charge >= 0.3 is 6.03 Å². The number of imide groups is 1. The van der Waals surface area contributed by atoms with Crippen LogP contribution in [0.15, 0.2) is 12.1 Å². The summed E-state index contributed by atoms with van der Waals surface area (Å²) in [6.07, 6.45) is 4.69. The molecule has 7 heteroatoms. The summed E-state index contributed by atoms with van der Waals surface area (Å²) in [5.74, 6) is 1.56. The van der Waals surface area contributed by atoms with Crippen molar-refractivity contribution in [3.8, 4) is 11.5 Å². The quantitative estimate of drug-likeness (QED) is 0.804. The Morgan fingerprint density at radius 1 is 1.14 bits per heavy atom. The van der Waals surface area contributed by atoms with Crippen LogP contribution in [-0.2, 0) is 17.8 Å². The minimum absolute atomic E-state index is 0.0530. The Bertz CT molecular complexity index is 796. The predicted octanol–water partition coefficient (Wildman–Crippen LogP) is 2.52. The molecule has 2 atom stereocenters. The molecule has 4 rings (SSSR count). The first-order valence-corrected chi connectivity index (χ1v) is 10.1. The average molecular weight is 387 g/mol. The Hall–Kier alpha value is -2.28. The van der Waals surface area contributed by atoms with Crippen LogP contribution in [0.3, 0.4) is 0 Å². The van der Waals surface area contributed by atoms with Gasteiger partial charge in [0.25, 0.3) is 5.91 Å². The summed E-state index contributed by atoms with van der Waals surface area (Å²) in [4.78, 5) is 29.4. The Morgan fingerprint density at radius 2 is 1.86 bits per heavy atom. The van der Waals surface area contributed by atoms with E-state index in [2.05, 4.69) is 17.1 Å². The van der Waals surface area contributed by atoms with Gasteiger partial charge in [-0.3, -0.25) is 9.69 Å². The fourth-order valence-electron chi connectivity index (χ4n) is 4.89. The Labute approximate surface area is 166 Å². The fraction of sp³-hybridized carbons (Fsp3) is 0.619. The van der Waals surface area contributed by atoms with Gasteiger partial charge in [0.2, 0.25) is 0 Å². The smallest absolute Gasteiger partial charge is 0.326 e. The second-order valence-electron chi connectivity index (χ2n) is 8.20. The largest absolute Gasteiger partial charge is 0.493 e. The van der Waals surface area contributed by atoms with E-state index in [1.165, 1.54) is 10.5 Å². The van der Waals surface area contributed by atoms with E-state index in [0.717, 1.165) is 50.0 Å². The molecule has 1 spiro atoms. The van der Waals surface area contributed by atoms with Crippen molar-refractivity contribution in [3.05, 3.63) is 23.3 Å². The Kier molecular flexibility index (Phi) is 4.95. The zero-order chi connectivity index (χ0) is 19.9. The minimum atomic E-state index is -0.695. The molecule has 2 heterocycles. The number of methoxy groups -OCH3 is 2. The standard InChI is InChI=1S/C21H29N3O4/c1-14-6-4-5-8-21(14)19(25)24(20(26)22-21)13-23-9-7-15-10-17(27-2)18(28-3)11-16(15)12-23/h10-11,14H,4-9,12-13H2,1-3H3,(H,22,26)/t14-,21+/m1/s1. The van der Waals surface area contributed by atoms with Crippen LogP contribution in [-0.4, -0.2) is 54.7 Å². The van der Waals surface area contributed by atoms with Crippen LogP contribution in [0.4, 0.5) is 4.79 Å². The molecular weight excluding hydrogens is 358 g/mol. The van der Waals surface area contributed by atoms with Crippen molar-refractivity contribution in [1.29, 1.82) is 0 Å². The molecule has 2 fully saturated rings. The lowest BCUT2D eigenvalue weighted by atomic mass is 9.73. The normalized spacial score (nSPS) is 27.7. The van der Waals surface area contributed by atoms with Gasteiger partial charge in [0.05, 0.1) is 20.9 Å². The van der Waals surface area contributed by atoms with Crippen LogP contribution < -0.4 is 14.8 Å². The molecule has 1 aromatic carbocycles. The molecular formula is C21H29N3O4. The van der Waals surface area contributed by atoms with Gasteiger partial charge in [0.1, 0.15) is 5.54 Å². The molecule has 0 bridgehead atoms. The van der Waals surface area contributed by atoms with Gasteiger partial charge in [-0.1, -0.05) is 19.8 Å². The highest BCUT2D eigenvalue weighted by Crippen LogP contribution is 2.39. The number of nitrogens with zero attached hydrogens (tertiary/aromatic N) is 2. The van der Waals surface area contributed by atoms with Crippen LogP contribution in [0.1, 0.15) is 43.7 Å². The van der Waals surface area contributed by atoms with Crippen LogP contribution in [0.5, 0.6) is 11.5 Å². The van der Waals surface area contributed by atoms with E-state index in [0.29, 0.717) is 19.0 Å². The second kappa shape index (κ2) is 7.28. The van der Waals surface area contributed by atoms with E-state index in [1.807, 2.05) is 12.1 Å². The summed E-state index contributed by atoms with van der Waals surface area (Å²) < 4.78 is 10.8. The van der Waals surface area contributed by atoms with Crippen molar-refractivity contribution in [2.24, 2.45) is 5.92 Å². The number of carbonyl (C=O) groups excluding carboxylic acids is 2. The van der Waals surface area contributed by atoms with Gasteiger partial charge in [0, 0.05) is 13.1 Å². The number of amides is 3. The van der Waals surface area contributed by atoms with Crippen molar-refractivity contribution in [3.63, 3.8) is 0 Å². The first-order valence-electron chi connectivity index (χ1n) is 10.1. The first kappa shape index (κ1) is 19.1. The van der Waals surface area contributed by atoms with Gasteiger partial charge in [-0.05, 0) is 48.4 Å². The lowest BCUT2D eigenvalue weighted by Crippen LogP contribution is -2.54. The highest BCUT2D eigenvalue weighted by molar-refractivity contribution is 6.07. The second-order valence-corrected chi connectivity index (χ2v) is 8.20. The van der Waals surface area contributed by atoms with Crippen LogP contribution in [0.2, 0.25) is 0 Å². The minimum Gasteiger partial charge on any atom is -0.493 e. The van der Waals surface area contributed by atoms with Crippen LogP contribution >= 0.6 is 0 Å². The highest BCUT2D eigenvalue weighted by Gasteiger charge is 2.55. The molecule has 3 amide bonds. The Morgan fingerprint density at radius 3 is 2.54 bits per heavy atom. The number of ether oxygens (including phenoxy) is 2. The molecule has 3 aliphatic rings. The van der Waals surface area contributed by atoms with Crippen molar-refractivity contribution in [2.75, 3.05) is 27.4 Å². The molecule has 2 aliphatic heterocycles. The molecule has 0 radical (unpaired) electrons. The maximum Gasteiger partial charge on any atom is 0.326 e. The van der Waals surface area contributed by atoms with E-state index in [-0.39, 0.29) is 17.9 Å². The number of benzene rings is 1.